The first kappa shape index (κ1) is 11.9. The summed E-state index contributed by atoms with van der Waals surface area (Å²) >= 11 is 6.49. The predicted octanol–water partition coefficient (Wildman–Crippen LogP) is 5.19. The quantitative estimate of drug-likeness (QED) is 0.516. The third-order valence-corrected chi connectivity index (χ3v) is 4.62. The van der Waals surface area contributed by atoms with Gasteiger partial charge in [-0.15, -0.1) is 0 Å². The summed E-state index contributed by atoms with van der Waals surface area (Å²) in [5, 5.41) is 1.81. The van der Waals surface area contributed by atoms with E-state index in [9.17, 15) is 0 Å². The molecule has 20 heavy (non-hydrogen) atoms. The van der Waals surface area contributed by atoms with Crippen LogP contribution in [0.3, 0.4) is 0 Å². The molecule has 2 heteroatoms. The van der Waals surface area contributed by atoms with Crippen molar-refractivity contribution in [3.63, 3.8) is 0 Å². The second kappa shape index (κ2) is 3.83. The number of para-hydroxylation sites is 1. The molecule has 2 aromatic carbocycles. The molecule has 1 aliphatic carbocycles. The lowest BCUT2D eigenvalue weighted by Gasteiger charge is -2.23. The van der Waals surface area contributed by atoms with Gasteiger partial charge in [0.15, 0.2) is 0 Å². The third-order valence-electron chi connectivity index (χ3n) is 4.34. The van der Waals surface area contributed by atoms with Crippen LogP contribution in [0.1, 0.15) is 25.0 Å². The van der Waals surface area contributed by atoms with E-state index in [2.05, 4.69) is 55.2 Å². The summed E-state index contributed by atoms with van der Waals surface area (Å²) in [6, 6.07) is 16.7. The molecule has 0 N–H and O–H groups in total. The van der Waals surface area contributed by atoms with E-state index in [1.165, 1.54) is 22.1 Å². The molecule has 1 aromatic heterocycles. The average Bonchev–Trinajstić information content (AvgIpc) is 2.69. The SMILES string of the molecule is CC1(C)c2ccccc2-c2c(Cl)nc3ccccc3c21. The molecule has 0 radical (unpaired) electrons. The highest BCUT2D eigenvalue weighted by Gasteiger charge is 2.38. The Morgan fingerprint density at radius 1 is 0.950 bits per heavy atom. The molecule has 0 fully saturated rings. The second-order valence-electron chi connectivity index (χ2n) is 5.84. The lowest BCUT2D eigenvalue weighted by atomic mass is 9.81. The second-order valence-corrected chi connectivity index (χ2v) is 6.20. The zero-order valence-electron chi connectivity index (χ0n) is 11.4. The van der Waals surface area contributed by atoms with E-state index in [0.29, 0.717) is 5.15 Å². The zero-order valence-corrected chi connectivity index (χ0v) is 12.2. The van der Waals surface area contributed by atoms with Gasteiger partial charge in [0.25, 0.3) is 0 Å². The lowest BCUT2D eigenvalue weighted by molar-refractivity contribution is 0.666. The third kappa shape index (κ3) is 1.36. The minimum absolute atomic E-state index is 0.0435. The highest BCUT2D eigenvalue weighted by Crippen LogP contribution is 2.52. The maximum absolute atomic E-state index is 6.49. The van der Waals surface area contributed by atoms with Gasteiger partial charge in [0.2, 0.25) is 0 Å². The summed E-state index contributed by atoms with van der Waals surface area (Å²) in [6.07, 6.45) is 0. The number of halogens is 1. The van der Waals surface area contributed by atoms with E-state index in [0.717, 1.165) is 11.1 Å². The van der Waals surface area contributed by atoms with Crippen molar-refractivity contribution in [1.29, 1.82) is 0 Å². The Bertz CT molecular complexity index is 849. The fourth-order valence-electron chi connectivity index (χ4n) is 3.46. The molecular weight excluding hydrogens is 266 g/mol. The molecule has 0 saturated carbocycles. The van der Waals surface area contributed by atoms with Crippen LogP contribution in [-0.4, -0.2) is 4.98 Å². The van der Waals surface area contributed by atoms with Gasteiger partial charge < -0.3 is 0 Å². The van der Waals surface area contributed by atoms with Crippen molar-refractivity contribution in [2.75, 3.05) is 0 Å². The fraction of sp³-hybridized carbons (Fsp3) is 0.167. The largest absolute Gasteiger partial charge is 0.235 e. The van der Waals surface area contributed by atoms with Gasteiger partial charge in [-0.05, 0) is 22.8 Å². The van der Waals surface area contributed by atoms with Crippen molar-refractivity contribution in [1.82, 2.24) is 4.98 Å². The number of benzene rings is 2. The van der Waals surface area contributed by atoms with Crippen LogP contribution in [-0.2, 0) is 5.41 Å². The van der Waals surface area contributed by atoms with Gasteiger partial charge in [-0.25, -0.2) is 4.98 Å². The predicted molar refractivity (Wildman–Crippen MR) is 84.3 cm³/mol. The first-order valence-corrected chi connectivity index (χ1v) is 7.17. The minimum Gasteiger partial charge on any atom is -0.235 e. The van der Waals surface area contributed by atoms with Crippen molar-refractivity contribution >= 4 is 22.5 Å². The molecule has 1 nitrogen and oxygen atoms in total. The van der Waals surface area contributed by atoms with E-state index >= 15 is 0 Å². The van der Waals surface area contributed by atoms with Crippen LogP contribution in [0.4, 0.5) is 0 Å². The van der Waals surface area contributed by atoms with Gasteiger partial charge in [-0.1, -0.05) is 67.9 Å². The van der Waals surface area contributed by atoms with Crippen molar-refractivity contribution < 1.29 is 0 Å². The molecule has 0 bridgehead atoms. The zero-order chi connectivity index (χ0) is 13.9. The molecule has 98 valence electrons. The van der Waals surface area contributed by atoms with Crippen LogP contribution in [0.5, 0.6) is 0 Å². The van der Waals surface area contributed by atoms with E-state index in [1.807, 2.05) is 12.1 Å². The van der Waals surface area contributed by atoms with Gasteiger partial charge >= 0.3 is 0 Å². The number of pyridine rings is 1. The first-order valence-electron chi connectivity index (χ1n) is 6.79. The normalized spacial score (nSPS) is 15.2. The Kier molecular flexibility index (Phi) is 2.28. The van der Waals surface area contributed by atoms with Crippen LogP contribution in [0.25, 0.3) is 22.0 Å². The van der Waals surface area contributed by atoms with Crippen LogP contribution in [0, 0.1) is 0 Å². The Balaban J connectivity index is 2.25. The average molecular weight is 280 g/mol. The molecule has 3 aromatic rings. The first-order chi connectivity index (χ1) is 9.60. The Morgan fingerprint density at radius 2 is 1.65 bits per heavy atom. The number of fused-ring (bicyclic) bond motifs is 5. The maximum atomic E-state index is 6.49. The lowest BCUT2D eigenvalue weighted by Crippen LogP contribution is -2.15. The Morgan fingerprint density at radius 3 is 2.50 bits per heavy atom. The number of hydrogen-bond acceptors (Lipinski definition) is 1. The molecular formula is C18H14ClN. The molecule has 1 aliphatic rings. The highest BCUT2D eigenvalue weighted by atomic mass is 35.5. The molecule has 0 spiro atoms. The van der Waals surface area contributed by atoms with Crippen LogP contribution in [0.2, 0.25) is 5.15 Å². The van der Waals surface area contributed by atoms with E-state index < -0.39 is 0 Å². The number of aromatic nitrogens is 1. The summed E-state index contributed by atoms with van der Waals surface area (Å²) in [5.74, 6) is 0. The fourth-order valence-corrected chi connectivity index (χ4v) is 3.75. The maximum Gasteiger partial charge on any atom is 0.137 e. The van der Waals surface area contributed by atoms with Crippen LogP contribution < -0.4 is 0 Å². The van der Waals surface area contributed by atoms with E-state index in [4.69, 9.17) is 11.6 Å². The van der Waals surface area contributed by atoms with Gasteiger partial charge in [0.05, 0.1) is 5.52 Å². The standard InChI is InChI=1S/C18H14ClN/c1-18(2)13-9-5-3-7-11(13)15-16(18)12-8-4-6-10-14(12)20-17(15)19/h3-10H,1-2H3. The summed E-state index contributed by atoms with van der Waals surface area (Å²) in [4.78, 5) is 4.58. The molecule has 0 aliphatic heterocycles. The highest BCUT2D eigenvalue weighted by molar-refractivity contribution is 6.33. The van der Waals surface area contributed by atoms with E-state index in [-0.39, 0.29) is 5.41 Å². The Labute approximate surface area is 123 Å². The minimum atomic E-state index is -0.0435. The summed E-state index contributed by atoms with van der Waals surface area (Å²) < 4.78 is 0. The number of rotatable bonds is 0. The number of hydrogen-bond donors (Lipinski definition) is 0. The summed E-state index contributed by atoms with van der Waals surface area (Å²) in [6.45, 7) is 4.53. The molecule has 0 atom stereocenters. The molecule has 4 rings (SSSR count). The van der Waals surface area contributed by atoms with Crippen molar-refractivity contribution in [2.24, 2.45) is 0 Å². The molecule has 1 heterocycles. The molecule has 0 amide bonds. The Hall–Kier alpha value is -1.86. The van der Waals surface area contributed by atoms with E-state index in [1.54, 1.807) is 0 Å². The summed E-state index contributed by atoms with van der Waals surface area (Å²) in [5.41, 5.74) is 5.88. The monoisotopic (exact) mass is 279 g/mol. The van der Waals surface area contributed by atoms with Crippen molar-refractivity contribution in [2.45, 2.75) is 19.3 Å². The molecule has 0 saturated heterocycles. The van der Waals surface area contributed by atoms with Gasteiger partial charge in [-0.3, -0.25) is 0 Å². The van der Waals surface area contributed by atoms with Crippen LogP contribution >= 0.6 is 11.6 Å². The van der Waals surface area contributed by atoms with Gasteiger partial charge in [0, 0.05) is 16.4 Å². The van der Waals surface area contributed by atoms with Gasteiger partial charge in [0.1, 0.15) is 5.15 Å². The topological polar surface area (TPSA) is 12.9 Å². The number of nitrogens with zero attached hydrogens (tertiary/aromatic N) is 1. The molecule has 0 unspecified atom stereocenters. The van der Waals surface area contributed by atoms with Crippen molar-refractivity contribution in [3.8, 4) is 11.1 Å². The van der Waals surface area contributed by atoms with Crippen molar-refractivity contribution in [3.05, 3.63) is 64.8 Å². The smallest absolute Gasteiger partial charge is 0.137 e. The summed E-state index contributed by atoms with van der Waals surface area (Å²) in [7, 11) is 0. The van der Waals surface area contributed by atoms with Crippen LogP contribution in [0.15, 0.2) is 48.5 Å². The van der Waals surface area contributed by atoms with Gasteiger partial charge in [-0.2, -0.15) is 0 Å².